The van der Waals surface area contributed by atoms with Crippen LogP contribution in [-0.4, -0.2) is 4.98 Å². The Morgan fingerprint density at radius 3 is 2.74 bits per heavy atom. The Hall–Kier alpha value is -0.910. The van der Waals surface area contributed by atoms with E-state index in [1.165, 1.54) is 4.88 Å². The SMILES string of the molecule is Cc1nc(COc2ccc(Br)cc2[C@H](C)N)sc1C. The van der Waals surface area contributed by atoms with Crippen molar-refractivity contribution in [1.82, 2.24) is 4.98 Å². The van der Waals surface area contributed by atoms with Crippen molar-refractivity contribution in [3.63, 3.8) is 0 Å². The van der Waals surface area contributed by atoms with Gasteiger partial charge in [-0.05, 0) is 39.0 Å². The molecule has 3 nitrogen and oxygen atoms in total. The summed E-state index contributed by atoms with van der Waals surface area (Å²) in [6.07, 6.45) is 0. The first-order valence-electron chi connectivity index (χ1n) is 6.08. The van der Waals surface area contributed by atoms with E-state index < -0.39 is 0 Å². The maximum absolute atomic E-state index is 5.97. The van der Waals surface area contributed by atoms with Crippen molar-refractivity contribution in [3.05, 3.63) is 43.8 Å². The van der Waals surface area contributed by atoms with Gasteiger partial charge < -0.3 is 10.5 Å². The zero-order valence-electron chi connectivity index (χ0n) is 11.2. The highest BCUT2D eigenvalue weighted by molar-refractivity contribution is 9.10. The maximum Gasteiger partial charge on any atom is 0.140 e. The monoisotopic (exact) mass is 340 g/mol. The zero-order valence-corrected chi connectivity index (χ0v) is 13.6. The first-order valence-corrected chi connectivity index (χ1v) is 7.69. The lowest BCUT2D eigenvalue weighted by molar-refractivity contribution is 0.300. The Morgan fingerprint density at radius 1 is 1.42 bits per heavy atom. The number of hydrogen-bond acceptors (Lipinski definition) is 4. The normalized spacial score (nSPS) is 12.5. The number of thiazole rings is 1. The van der Waals surface area contributed by atoms with Gasteiger partial charge in [0.1, 0.15) is 17.4 Å². The van der Waals surface area contributed by atoms with E-state index in [-0.39, 0.29) is 6.04 Å². The summed E-state index contributed by atoms with van der Waals surface area (Å²) >= 11 is 5.13. The molecule has 0 radical (unpaired) electrons. The van der Waals surface area contributed by atoms with E-state index in [0.717, 1.165) is 26.5 Å². The summed E-state index contributed by atoms with van der Waals surface area (Å²) in [4.78, 5) is 5.71. The van der Waals surface area contributed by atoms with Crippen molar-refractivity contribution < 1.29 is 4.74 Å². The predicted molar refractivity (Wildman–Crippen MR) is 82.7 cm³/mol. The Balaban J connectivity index is 2.15. The molecule has 1 heterocycles. The number of nitrogens with two attached hydrogens (primary N) is 1. The number of nitrogens with zero attached hydrogens (tertiary/aromatic N) is 1. The molecule has 0 aliphatic heterocycles. The Morgan fingerprint density at radius 2 is 2.16 bits per heavy atom. The number of aryl methyl sites for hydroxylation is 2. The number of halogens is 1. The van der Waals surface area contributed by atoms with Gasteiger partial charge in [0.25, 0.3) is 0 Å². The molecule has 1 aromatic heterocycles. The molecule has 2 aromatic rings. The fourth-order valence-corrected chi connectivity index (χ4v) is 2.97. The van der Waals surface area contributed by atoms with Gasteiger partial charge in [0.15, 0.2) is 0 Å². The van der Waals surface area contributed by atoms with Crippen molar-refractivity contribution in [2.75, 3.05) is 0 Å². The highest BCUT2D eigenvalue weighted by Crippen LogP contribution is 2.28. The van der Waals surface area contributed by atoms with Crippen molar-refractivity contribution >= 4 is 27.3 Å². The number of benzene rings is 1. The molecule has 19 heavy (non-hydrogen) atoms. The van der Waals surface area contributed by atoms with Gasteiger partial charge in [-0.3, -0.25) is 0 Å². The van der Waals surface area contributed by atoms with Crippen LogP contribution in [0.1, 0.15) is 34.1 Å². The van der Waals surface area contributed by atoms with E-state index in [9.17, 15) is 0 Å². The summed E-state index contributed by atoms with van der Waals surface area (Å²) in [5.41, 5.74) is 8.04. The van der Waals surface area contributed by atoms with Crippen molar-refractivity contribution in [1.29, 1.82) is 0 Å². The van der Waals surface area contributed by atoms with Crippen molar-refractivity contribution in [2.45, 2.75) is 33.4 Å². The van der Waals surface area contributed by atoms with Gasteiger partial charge in [0.2, 0.25) is 0 Å². The molecule has 0 aliphatic rings. The minimum absolute atomic E-state index is 0.0627. The lowest BCUT2D eigenvalue weighted by Crippen LogP contribution is -2.08. The lowest BCUT2D eigenvalue weighted by Gasteiger charge is -2.13. The number of hydrogen-bond donors (Lipinski definition) is 1. The average molecular weight is 341 g/mol. The minimum atomic E-state index is -0.0627. The van der Waals surface area contributed by atoms with E-state index in [1.807, 2.05) is 32.0 Å². The molecule has 0 bridgehead atoms. The van der Waals surface area contributed by atoms with Crippen LogP contribution < -0.4 is 10.5 Å². The van der Waals surface area contributed by atoms with Crippen LogP contribution >= 0.6 is 27.3 Å². The lowest BCUT2D eigenvalue weighted by atomic mass is 10.1. The molecule has 2 rings (SSSR count). The van der Waals surface area contributed by atoms with Crippen LogP contribution in [0.5, 0.6) is 5.75 Å². The van der Waals surface area contributed by atoms with Crippen LogP contribution in [0, 0.1) is 13.8 Å². The second kappa shape index (κ2) is 6.03. The largest absolute Gasteiger partial charge is 0.486 e. The summed E-state index contributed by atoms with van der Waals surface area (Å²) in [6, 6.07) is 5.83. The molecule has 102 valence electrons. The van der Waals surface area contributed by atoms with Gasteiger partial charge in [0.05, 0.1) is 5.69 Å². The van der Waals surface area contributed by atoms with Crippen LogP contribution in [0.4, 0.5) is 0 Å². The highest BCUT2D eigenvalue weighted by atomic mass is 79.9. The van der Waals surface area contributed by atoms with Crippen LogP contribution in [0.2, 0.25) is 0 Å². The molecule has 0 fully saturated rings. The molecule has 0 saturated heterocycles. The molecule has 5 heteroatoms. The zero-order chi connectivity index (χ0) is 14.0. The van der Waals surface area contributed by atoms with Gasteiger partial charge in [-0.15, -0.1) is 11.3 Å². The second-order valence-corrected chi connectivity index (χ2v) is 6.71. The molecule has 0 amide bonds. The topological polar surface area (TPSA) is 48.1 Å². The van der Waals surface area contributed by atoms with Gasteiger partial charge in [-0.1, -0.05) is 15.9 Å². The molecule has 2 N–H and O–H groups in total. The Bertz CT molecular complexity index is 561. The van der Waals surface area contributed by atoms with Gasteiger partial charge in [0, 0.05) is 21.0 Å². The van der Waals surface area contributed by atoms with Crippen LogP contribution in [0.3, 0.4) is 0 Å². The molecule has 0 aliphatic carbocycles. The van der Waals surface area contributed by atoms with Crippen LogP contribution in [0.15, 0.2) is 22.7 Å². The fourth-order valence-electron chi connectivity index (χ4n) is 1.75. The second-order valence-electron chi connectivity index (χ2n) is 4.51. The van der Waals surface area contributed by atoms with E-state index in [0.29, 0.717) is 6.61 Å². The molecule has 1 atom stereocenters. The fraction of sp³-hybridized carbons (Fsp3) is 0.357. The molecular formula is C14H17BrN2OS. The van der Waals surface area contributed by atoms with E-state index >= 15 is 0 Å². The average Bonchev–Trinajstić information content (AvgIpc) is 2.67. The first kappa shape index (κ1) is 14.5. The smallest absolute Gasteiger partial charge is 0.140 e. The summed E-state index contributed by atoms with van der Waals surface area (Å²) in [5, 5.41) is 0.994. The quantitative estimate of drug-likeness (QED) is 0.910. The third-order valence-electron chi connectivity index (χ3n) is 2.89. The standard InChI is InChI=1S/C14H17BrN2OS/c1-8(16)12-6-11(15)4-5-13(12)18-7-14-17-9(2)10(3)19-14/h4-6,8H,7,16H2,1-3H3/t8-/m0/s1. The number of rotatable bonds is 4. The number of ether oxygens (including phenoxy) is 1. The Kier molecular flexibility index (Phi) is 4.60. The van der Waals surface area contributed by atoms with E-state index in [2.05, 4.69) is 27.8 Å². The summed E-state index contributed by atoms with van der Waals surface area (Å²) in [5.74, 6) is 0.823. The molecule has 0 saturated carbocycles. The number of aromatic nitrogens is 1. The summed E-state index contributed by atoms with van der Waals surface area (Å²) in [7, 11) is 0. The van der Waals surface area contributed by atoms with E-state index in [1.54, 1.807) is 11.3 Å². The van der Waals surface area contributed by atoms with Gasteiger partial charge in [-0.2, -0.15) is 0 Å². The third kappa shape index (κ3) is 3.55. The Labute approximate surface area is 125 Å². The minimum Gasteiger partial charge on any atom is -0.486 e. The summed E-state index contributed by atoms with van der Waals surface area (Å²) < 4.78 is 6.86. The molecule has 0 spiro atoms. The van der Waals surface area contributed by atoms with Crippen molar-refractivity contribution in [3.8, 4) is 5.75 Å². The molecular weight excluding hydrogens is 324 g/mol. The first-order chi connectivity index (χ1) is 8.97. The van der Waals surface area contributed by atoms with Crippen LogP contribution in [0.25, 0.3) is 0 Å². The third-order valence-corrected chi connectivity index (χ3v) is 4.43. The van der Waals surface area contributed by atoms with Gasteiger partial charge >= 0.3 is 0 Å². The van der Waals surface area contributed by atoms with Gasteiger partial charge in [-0.25, -0.2) is 4.98 Å². The maximum atomic E-state index is 5.97. The van der Waals surface area contributed by atoms with Crippen molar-refractivity contribution in [2.24, 2.45) is 5.73 Å². The molecule has 0 unspecified atom stereocenters. The summed E-state index contributed by atoms with van der Waals surface area (Å²) in [6.45, 7) is 6.53. The molecule has 1 aromatic carbocycles. The van der Waals surface area contributed by atoms with E-state index in [4.69, 9.17) is 10.5 Å². The van der Waals surface area contributed by atoms with Crippen LogP contribution in [-0.2, 0) is 6.61 Å². The predicted octanol–water partition coefficient (Wildman–Crippen LogP) is 4.12. The highest BCUT2D eigenvalue weighted by Gasteiger charge is 2.10.